The molecule has 0 aliphatic heterocycles. The predicted molar refractivity (Wildman–Crippen MR) is 96.6 cm³/mol. The summed E-state index contributed by atoms with van der Waals surface area (Å²) in [5, 5.41) is 7.74. The lowest BCUT2D eigenvalue weighted by Gasteiger charge is -2.15. The Bertz CT molecular complexity index is 1000. The summed E-state index contributed by atoms with van der Waals surface area (Å²) in [5.74, 6) is 0.621. The molecule has 1 aromatic heterocycles. The Morgan fingerprint density at radius 1 is 1.11 bits per heavy atom. The maximum Gasteiger partial charge on any atom is 0.338 e. The molecule has 3 aromatic rings. The van der Waals surface area contributed by atoms with Gasteiger partial charge in [0.15, 0.2) is 0 Å². The second kappa shape index (κ2) is 8.16. The Labute approximate surface area is 160 Å². The highest BCUT2D eigenvalue weighted by Gasteiger charge is 2.20. The number of halogens is 2. The second-order valence-electron chi connectivity index (χ2n) is 6.02. The summed E-state index contributed by atoms with van der Waals surface area (Å²) in [6, 6.07) is 9.06. The highest BCUT2D eigenvalue weighted by atomic mass is 19.3. The number of ether oxygens (including phenoxy) is 2. The minimum Gasteiger partial charge on any atom is -0.496 e. The average Bonchev–Trinajstić information content (AvgIpc) is 3.11. The lowest BCUT2D eigenvalue weighted by atomic mass is 9.94. The van der Waals surface area contributed by atoms with Crippen LogP contribution in [-0.4, -0.2) is 30.4 Å². The van der Waals surface area contributed by atoms with Crippen LogP contribution in [0.2, 0.25) is 0 Å². The summed E-state index contributed by atoms with van der Waals surface area (Å²) in [4.78, 5) is 12.2. The molecule has 8 heteroatoms. The van der Waals surface area contributed by atoms with Gasteiger partial charge in [0.2, 0.25) is 11.8 Å². The first-order valence-electron chi connectivity index (χ1n) is 8.39. The van der Waals surface area contributed by atoms with Crippen molar-refractivity contribution in [3.8, 4) is 16.9 Å². The van der Waals surface area contributed by atoms with Crippen LogP contribution in [0.1, 0.15) is 39.7 Å². The van der Waals surface area contributed by atoms with E-state index in [1.54, 1.807) is 25.1 Å². The molecule has 0 atom stereocenters. The number of hydrogen-bond acceptors (Lipinski definition) is 6. The molecule has 146 valence electrons. The Morgan fingerprint density at radius 2 is 1.89 bits per heavy atom. The average molecular weight is 388 g/mol. The van der Waals surface area contributed by atoms with Crippen LogP contribution in [0, 0.1) is 6.92 Å². The minimum absolute atomic E-state index is 0.176. The number of rotatable bonds is 6. The van der Waals surface area contributed by atoms with E-state index in [0.717, 1.165) is 5.56 Å². The zero-order chi connectivity index (χ0) is 20.3. The zero-order valence-electron chi connectivity index (χ0n) is 15.5. The predicted octanol–water partition coefficient (Wildman–Crippen LogP) is 4.37. The van der Waals surface area contributed by atoms with Gasteiger partial charge in [-0.3, -0.25) is 0 Å². The SMILES string of the molecule is COC(=O)c1ccc(Cc2nnc(C)o2)cc1-c1cc(C(F)F)ccc1OC. The van der Waals surface area contributed by atoms with E-state index in [-0.39, 0.29) is 11.1 Å². The molecule has 0 aliphatic rings. The smallest absolute Gasteiger partial charge is 0.338 e. The molecule has 0 amide bonds. The molecule has 0 unspecified atom stereocenters. The summed E-state index contributed by atoms with van der Waals surface area (Å²) in [6.07, 6.45) is -2.33. The maximum atomic E-state index is 13.2. The normalized spacial score (nSPS) is 10.9. The number of aryl methyl sites for hydroxylation is 1. The molecule has 0 N–H and O–H groups in total. The number of esters is 1. The Morgan fingerprint density at radius 3 is 2.50 bits per heavy atom. The quantitative estimate of drug-likeness (QED) is 0.584. The van der Waals surface area contributed by atoms with Gasteiger partial charge >= 0.3 is 5.97 Å². The van der Waals surface area contributed by atoms with Crippen molar-refractivity contribution in [1.82, 2.24) is 10.2 Å². The summed E-state index contributed by atoms with van der Waals surface area (Å²) >= 11 is 0. The molecule has 3 rings (SSSR count). The fraction of sp³-hybridized carbons (Fsp3) is 0.250. The number of alkyl halides is 2. The van der Waals surface area contributed by atoms with Crippen molar-refractivity contribution < 1.29 is 27.5 Å². The molecular formula is C20H18F2N2O4. The fourth-order valence-electron chi connectivity index (χ4n) is 2.87. The van der Waals surface area contributed by atoms with Crippen LogP contribution >= 0.6 is 0 Å². The summed E-state index contributed by atoms with van der Waals surface area (Å²) in [6.45, 7) is 1.68. The van der Waals surface area contributed by atoms with Gasteiger partial charge in [0, 0.05) is 23.6 Å². The highest BCUT2D eigenvalue weighted by Crippen LogP contribution is 2.36. The van der Waals surface area contributed by atoms with Gasteiger partial charge in [-0.05, 0) is 35.9 Å². The van der Waals surface area contributed by atoms with Gasteiger partial charge in [-0.1, -0.05) is 6.07 Å². The molecule has 0 spiro atoms. The summed E-state index contributed by atoms with van der Waals surface area (Å²) < 4.78 is 42.0. The van der Waals surface area contributed by atoms with Gasteiger partial charge in [0.05, 0.1) is 26.2 Å². The third kappa shape index (κ3) is 4.00. The van der Waals surface area contributed by atoms with Gasteiger partial charge in [0.25, 0.3) is 6.43 Å². The molecule has 2 aromatic carbocycles. The van der Waals surface area contributed by atoms with Crippen LogP contribution in [0.25, 0.3) is 11.1 Å². The molecule has 28 heavy (non-hydrogen) atoms. The van der Waals surface area contributed by atoms with E-state index in [1.807, 2.05) is 0 Å². The van der Waals surface area contributed by atoms with Crippen molar-refractivity contribution in [3.63, 3.8) is 0 Å². The van der Waals surface area contributed by atoms with Crippen LogP contribution in [0.4, 0.5) is 8.78 Å². The van der Waals surface area contributed by atoms with Crippen molar-refractivity contribution in [2.75, 3.05) is 14.2 Å². The number of nitrogens with zero attached hydrogens (tertiary/aromatic N) is 2. The van der Waals surface area contributed by atoms with Crippen LogP contribution in [0.3, 0.4) is 0 Å². The summed E-state index contributed by atoms with van der Waals surface area (Å²) in [7, 11) is 2.69. The largest absolute Gasteiger partial charge is 0.496 e. The number of carbonyl (C=O) groups is 1. The van der Waals surface area contributed by atoms with Crippen molar-refractivity contribution in [2.45, 2.75) is 19.8 Å². The fourth-order valence-corrected chi connectivity index (χ4v) is 2.87. The molecule has 0 radical (unpaired) electrons. The van der Waals surface area contributed by atoms with E-state index in [0.29, 0.717) is 35.1 Å². The molecule has 0 saturated carbocycles. The van der Waals surface area contributed by atoms with E-state index >= 15 is 0 Å². The lowest BCUT2D eigenvalue weighted by Crippen LogP contribution is -2.05. The number of benzene rings is 2. The van der Waals surface area contributed by atoms with Gasteiger partial charge in [-0.2, -0.15) is 0 Å². The standard InChI is InChI=1S/C20H18F2N2O4/c1-11-23-24-18(28-11)9-12-4-6-14(20(25)27-3)15(8-12)16-10-13(19(21)22)5-7-17(16)26-2/h4-8,10,19H,9H2,1-3H3. The van der Waals surface area contributed by atoms with Gasteiger partial charge < -0.3 is 13.9 Å². The van der Waals surface area contributed by atoms with E-state index < -0.39 is 12.4 Å². The first-order valence-corrected chi connectivity index (χ1v) is 8.39. The monoisotopic (exact) mass is 388 g/mol. The minimum atomic E-state index is -2.66. The molecule has 0 aliphatic carbocycles. The van der Waals surface area contributed by atoms with Crippen LogP contribution < -0.4 is 4.74 Å². The summed E-state index contributed by atoms with van der Waals surface area (Å²) in [5.41, 5.74) is 1.60. The topological polar surface area (TPSA) is 74.5 Å². The first-order chi connectivity index (χ1) is 13.4. The Balaban J connectivity index is 2.15. The van der Waals surface area contributed by atoms with Gasteiger partial charge in [-0.25, -0.2) is 13.6 Å². The molecule has 1 heterocycles. The number of aromatic nitrogens is 2. The number of methoxy groups -OCH3 is 2. The molecule has 6 nitrogen and oxygen atoms in total. The van der Waals surface area contributed by atoms with Crippen molar-refractivity contribution in [1.29, 1.82) is 0 Å². The third-order valence-corrected chi connectivity index (χ3v) is 4.18. The molecule has 0 saturated heterocycles. The van der Waals surface area contributed by atoms with E-state index in [4.69, 9.17) is 13.9 Å². The molecule has 0 fully saturated rings. The van der Waals surface area contributed by atoms with Gasteiger partial charge in [0.1, 0.15) is 5.75 Å². The Kier molecular flexibility index (Phi) is 5.67. The van der Waals surface area contributed by atoms with Crippen molar-refractivity contribution >= 4 is 5.97 Å². The van der Waals surface area contributed by atoms with Crippen molar-refractivity contribution in [2.24, 2.45) is 0 Å². The highest BCUT2D eigenvalue weighted by molar-refractivity contribution is 5.98. The van der Waals surface area contributed by atoms with Crippen LogP contribution in [0.5, 0.6) is 5.75 Å². The molecular weight excluding hydrogens is 370 g/mol. The Hall–Kier alpha value is -3.29. The maximum absolute atomic E-state index is 13.2. The number of carbonyl (C=O) groups excluding carboxylic acids is 1. The lowest BCUT2D eigenvalue weighted by molar-refractivity contribution is 0.0601. The second-order valence-corrected chi connectivity index (χ2v) is 6.02. The molecule has 0 bridgehead atoms. The van der Waals surface area contributed by atoms with E-state index in [2.05, 4.69) is 10.2 Å². The van der Waals surface area contributed by atoms with Gasteiger partial charge in [-0.15, -0.1) is 10.2 Å². The number of hydrogen-bond donors (Lipinski definition) is 0. The van der Waals surface area contributed by atoms with E-state index in [9.17, 15) is 13.6 Å². The van der Waals surface area contributed by atoms with Crippen LogP contribution in [0.15, 0.2) is 40.8 Å². The zero-order valence-corrected chi connectivity index (χ0v) is 15.5. The van der Waals surface area contributed by atoms with Crippen molar-refractivity contribution in [3.05, 3.63) is 64.9 Å². The van der Waals surface area contributed by atoms with Crippen LogP contribution in [-0.2, 0) is 11.2 Å². The third-order valence-electron chi connectivity index (χ3n) is 4.18. The first kappa shape index (κ1) is 19.5. The van der Waals surface area contributed by atoms with E-state index in [1.165, 1.54) is 32.4 Å².